The maximum atomic E-state index is 3.61. The fourth-order valence-corrected chi connectivity index (χ4v) is 4.63. The SMILES string of the molecule is c1ccc(CN2CCC(N3CCC[C@@H]4CNC[C@@H]43)C2)cc1. The molecular formula is C18H27N3. The van der Waals surface area contributed by atoms with E-state index in [0.717, 1.165) is 24.5 Å². The van der Waals surface area contributed by atoms with E-state index < -0.39 is 0 Å². The topological polar surface area (TPSA) is 18.5 Å². The molecule has 0 aromatic heterocycles. The van der Waals surface area contributed by atoms with Gasteiger partial charge in [0.05, 0.1) is 0 Å². The van der Waals surface area contributed by atoms with Crippen molar-refractivity contribution in [2.24, 2.45) is 5.92 Å². The van der Waals surface area contributed by atoms with Crippen molar-refractivity contribution in [3.05, 3.63) is 35.9 Å². The molecule has 3 aliphatic heterocycles. The first kappa shape index (κ1) is 13.7. The Morgan fingerprint density at radius 2 is 1.95 bits per heavy atom. The maximum absolute atomic E-state index is 3.61. The van der Waals surface area contributed by atoms with E-state index in [-0.39, 0.29) is 0 Å². The quantitative estimate of drug-likeness (QED) is 0.916. The van der Waals surface area contributed by atoms with Gasteiger partial charge in [-0.3, -0.25) is 9.80 Å². The van der Waals surface area contributed by atoms with Crippen molar-refractivity contribution < 1.29 is 0 Å². The molecule has 3 saturated heterocycles. The van der Waals surface area contributed by atoms with E-state index >= 15 is 0 Å². The highest BCUT2D eigenvalue weighted by Gasteiger charge is 2.39. The third-order valence-corrected chi connectivity index (χ3v) is 5.69. The van der Waals surface area contributed by atoms with Crippen LogP contribution in [-0.4, -0.2) is 54.6 Å². The van der Waals surface area contributed by atoms with E-state index in [2.05, 4.69) is 45.4 Å². The molecule has 0 spiro atoms. The van der Waals surface area contributed by atoms with Gasteiger partial charge >= 0.3 is 0 Å². The predicted molar refractivity (Wildman–Crippen MR) is 86.2 cm³/mol. The van der Waals surface area contributed by atoms with Gasteiger partial charge in [0.1, 0.15) is 0 Å². The summed E-state index contributed by atoms with van der Waals surface area (Å²) in [5.41, 5.74) is 1.46. The second kappa shape index (κ2) is 6.07. The van der Waals surface area contributed by atoms with Gasteiger partial charge in [-0.1, -0.05) is 30.3 Å². The Bertz CT molecular complexity index is 461. The van der Waals surface area contributed by atoms with Gasteiger partial charge < -0.3 is 5.32 Å². The standard InChI is InChI=1S/C18H27N3/c1-2-5-15(6-3-1)13-20-10-8-17(14-20)21-9-4-7-16-11-19-12-18(16)21/h1-3,5-6,16-19H,4,7-14H2/t16-,17?,18+/m1/s1. The molecule has 3 fully saturated rings. The lowest BCUT2D eigenvalue weighted by Crippen LogP contribution is -2.51. The van der Waals surface area contributed by atoms with Crippen molar-refractivity contribution in [1.29, 1.82) is 0 Å². The van der Waals surface area contributed by atoms with Crippen molar-refractivity contribution in [2.75, 3.05) is 32.7 Å². The lowest BCUT2D eigenvalue weighted by Gasteiger charge is -2.41. The van der Waals surface area contributed by atoms with Crippen molar-refractivity contribution in [3.8, 4) is 0 Å². The van der Waals surface area contributed by atoms with Gasteiger partial charge in [0.15, 0.2) is 0 Å². The summed E-state index contributed by atoms with van der Waals surface area (Å²) in [6, 6.07) is 12.5. The highest BCUT2D eigenvalue weighted by Crippen LogP contribution is 2.31. The van der Waals surface area contributed by atoms with Gasteiger partial charge in [0, 0.05) is 38.3 Å². The molecular weight excluding hydrogens is 258 g/mol. The van der Waals surface area contributed by atoms with Crippen molar-refractivity contribution in [3.63, 3.8) is 0 Å². The summed E-state index contributed by atoms with van der Waals surface area (Å²) in [6.45, 7) is 7.45. The molecule has 3 nitrogen and oxygen atoms in total. The van der Waals surface area contributed by atoms with E-state index in [0.29, 0.717) is 0 Å². The predicted octanol–water partition coefficient (Wildman–Crippen LogP) is 1.94. The molecule has 1 aromatic rings. The molecule has 0 bridgehead atoms. The lowest BCUT2D eigenvalue weighted by atomic mass is 9.90. The Morgan fingerprint density at radius 1 is 1.05 bits per heavy atom. The van der Waals surface area contributed by atoms with Gasteiger partial charge in [-0.15, -0.1) is 0 Å². The van der Waals surface area contributed by atoms with E-state index in [1.54, 1.807) is 0 Å². The molecule has 3 aliphatic rings. The van der Waals surface area contributed by atoms with Crippen LogP contribution in [0.4, 0.5) is 0 Å². The first-order valence-corrected chi connectivity index (χ1v) is 8.63. The zero-order chi connectivity index (χ0) is 14.1. The molecule has 114 valence electrons. The van der Waals surface area contributed by atoms with Crippen molar-refractivity contribution >= 4 is 0 Å². The van der Waals surface area contributed by atoms with Crippen LogP contribution >= 0.6 is 0 Å². The third-order valence-electron chi connectivity index (χ3n) is 5.69. The molecule has 0 saturated carbocycles. The fourth-order valence-electron chi connectivity index (χ4n) is 4.63. The van der Waals surface area contributed by atoms with Crippen LogP contribution in [0.2, 0.25) is 0 Å². The van der Waals surface area contributed by atoms with Gasteiger partial charge in [-0.05, 0) is 43.8 Å². The minimum Gasteiger partial charge on any atom is -0.315 e. The lowest BCUT2D eigenvalue weighted by molar-refractivity contribution is 0.0793. The van der Waals surface area contributed by atoms with Crippen LogP contribution in [-0.2, 0) is 6.54 Å². The largest absolute Gasteiger partial charge is 0.315 e. The smallest absolute Gasteiger partial charge is 0.0264 e. The monoisotopic (exact) mass is 285 g/mol. The van der Waals surface area contributed by atoms with E-state index in [4.69, 9.17) is 0 Å². The molecule has 4 rings (SSSR count). The van der Waals surface area contributed by atoms with Crippen LogP contribution in [0.15, 0.2) is 30.3 Å². The molecule has 0 aliphatic carbocycles. The number of likely N-dealkylation sites (tertiary alicyclic amines) is 2. The third kappa shape index (κ3) is 2.87. The zero-order valence-electron chi connectivity index (χ0n) is 12.9. The molecule has 21 heavy (non-hydrogen) atoms. The summed E-state index contributed by atoms with van der Waals surface area (Å²) in [4.78, 5) is 5.49. The molecule has 1 unspecified atom stereocenters. The van der Waals surface area contributed by atoms with Crippen molar-refractivity contribution in [1.82, 2.24) is 15.1 Å². The second-order valence-electron chi connectivity index (χ2n) is 7.03. The summed E-state index contributed by atoms with van der Waals surface area (Å²) < 4.78 is 0. The fraction of sp³-hybridized carbons (Fsp3) is 0.667. The molecule has 3 atom stereocenters. The average molecular weight is 285 g/mol. The molecule has 1 N–H and O–H groups in total. The van der Waals surface area contributed by atoms with Crippen LogP contribution < -0.4 is 5.32 Å². The van der Waals surface area contributed by atoms with Gasteiger partial charge in [0.2, 0.25) is 0 Å². The number of fused-ring (bicyclic) bond motifs is 1. The number of nitrogens with zero attached hydrogens (tertiary/aromatic N) is 2. The molecule has 3 heteroatoms. The minimum absolute atomic E-state index is 0.793. The van der Waals surface area contributed by atoms with Gasteiger partial charge in [0.25, 0.3) is 0 Å². The van der Waals surface area contributed by atoms with Crippen LogP contribution in [0, 0.1) is 5.92 Å². The number of hydrogen-bond donors (Lipinski definition) is 1. The Morgan fingerprint density at radius 3 is 2.86 bits per heavy atom. The minimum atomic E-state index is 0.793. The van der Waals surface area contributed by atoms with E-state index in [1.807, 2.05) is 0 Å². The van der Waals surface area contributed by atoms with Crippen LogP contribution in [0.1, 0.15) is 24.8 Å². The van der Waals surface area contributed by atoms with Crippen LogP contribution in [0.5, 0.6) is 0 Å². The summed E-state index contributed by atoms with van der Waals surface area (Å²) >= 11 is 0. The first-order chi connectivity index (χ1) is 10.4. The van der Waals surface area contributed by atoms with Gasteiger partial charge in [-0.25, -0.2) is 0 Å². The Labute approximate surface area is 128 Å². The van der Waals surface area contributed by atoms with Crippen LogP contribution in [0.25, 0.3) is 0 Å². The molecule has 1 aromatic carbocycles. The average Bonchev–Trinajstić information content (AvgIpc) is 3.16. The van der Waals surface area contributed by atoms with Gasteiger partial charge in [-0.2, -0.15) is 0 Å². The zero-order valence-corrected chi connectivity index (χ0v) is 12.9. The maximum Gasteiger partial charge on any atom is 0.0264 e. The number of nitrogens with one attached hydrogen (secondary N) is 1. The Hall–Kier alpha value is -0.900. The Balaban J connectivity index is 1.37. The number of benzene rings is 1. The number of piperidine rings is 1. The summed E-state index contributed by atoms with van der Waals surface area (Å²) in [5, 5.41) is 3.61. The normalized spacial score (nSPS) is 34.2. The summed E-state index contributed by atoms with van der Waals surface area (Å²) in [7, 11) is 0. The summed E-state index contributed by atoms with van der Waals surface area (Å²) in [5.74, 6) is 0.918. The number of hydrogen-bond acceptors (Lipinski definition) is 3. The molecule has 0 radical (unpaired) electrons. The van der Waals surface area contributed by atoms with Crippen molar-refractivity contribution in [2.45, 2.75) is 37.9 Å². The Kier molecular flexibility index (Phi) is 3.97. The number of rotatable bonds is 3. The second-order valence-corrected chi connectivity index (χ2v) is 7.03. The molecule has 3 heterocycles. The van der Waals surface area contributed by atoms with E-state index in [9.17, 15) is 0 Å². The highest BCUT2D eigenvalue weighted by molar-refractivity contribution is 5.14. The van der Waals surface area contributed by atoms with Crippen LogP contribution in [0.3, 0.4) is 0 Å². The highest BCUT2D eigenvalue weighted by atomic mass is 15.3. The summed E-state index contributed by atoms with van der Waals surface area (Å²) in [6.07, 6.45) is 4.20. The first-order valence-electron chi connectivity index (χ1n) is 8.63. The van der Waals surface area contributed by atoms with E-state index in [1.165, 1.54) is 57.5 Å². The molecule has 0 amide bonds.